The highest BCUT2D eigenvalue weighted by molar-refractivity contribution is 6.31. The van der Waals surface area contributed by atoms with Crippen LogP contribution in [0.25, 0.3) is 0 Å². The summed E-state index contributed by atoms with van der Waals surface area (Å²) in [6, 6.07) is 4.38. The minimum atomic E-state index is -0.356. The molecular formula is C15H20ClFN2O2. The molecule has 0 heterocycles. The number of carbonyl (C=O) groups is 1. The third-order valence-corrected chi connectivity index (χ3v) is 4.11. The lowest BCUT2D eigenvalue weighted by Crippen LogP contribution is -2.44. The van der Waals surface area contributed by atoms with Crippen LogP contribution in [-0.4, -0.2) is 29.8 Å². The van der Waals surface area contributed by atoms with Gasteiger partial charge in [-0.05, 0) is 44.2 Å². The van der Waals surface area contributed by atoms with E-state index in [-0.39, 0.29) is 24.0 Å². The summed E-state index contributed by atoms with van der Waals surface area (Å²) in [5.74, 6) is -0.356. The van der Waals surface area contributed by atoms with E-state index in [4.69, 9.17) is 11.6 Å². The maximum atomic E-state index is 13.5. The van der Waals surface area contributed by atoms with Crippen LogP contribution in [-0.2, 0) is 6.42 Å². The van der Waals surface area contributed by atoms with Gasteiger partial charge in [0.2, 0.25) is 0 Å². The largest absolute Gasteiger partial charge is 0.393 e. The van der Waals surface area contributed by atoms with E-state index in [0.29, 0.717) is 23.6 Å². The number of nitrogens with one attached hydrogen (secondary N) is 2. The van der Waals surface area contributed by atoms with Gasteiger partial charge in [-0.2, -0.15) is 0 Å². The number of halogens is 2. The number of rotatable bonds is 4. The SMILES string of the molecule is O=C(NCCc1c(F)cccc1Cl)NC1CCC(O)CC1. The molecule has 4 nitrogen and oxygen atoms in total. The molecule has 1 saturated carbocycles. The smallest absolute Gasteiger partial charge is 0.315 e. The van der Waals surface area contributed by atoms with Crippen molar-refractivity contribution >= 4 is 17.6 Å². The average Bonchev–Trinajstić information content (AvgIpc) is 2.45. The van der Waals surface area contributed by atoms with Crippen molar-refractivity contribution in [2.45, 2.75) is 44.2 Å². The molecule has 0 radical (unpaired) electrons. The molecule has 1 aromatic carbocycles. The van der Waals surface area contributed by atoms with Gasteiger partial charge in [0.05, 0.1) is 6.10 Å². The summed E-state index contributed by atoms with van der Waals surface area (Å²) in [5.41, 5.74) is 0.417. The molecule has 6 heteroatoms. The topological polar surface area (TPSA) is 61.4 Å². The first-order valence-corrected chi connectivity index (χ1v) is 7.59. The maximum absolute atomic E-state index is 13.5. The fraction of sp³-hybridized carbons (Fsp3) is 0.533. The zero-order chi connectivity index (χ0) is 15.2. The number of hydrogen-bond acceptors (Lipinski definition) is 2. The van der Waals surface area contributed by atoms with Crippen LogP contribution >= 0.6 is 11.6 Å². The highest BCUT2D eigenvalue weighted by Gasteiger charge is 2.20. The second kappa shape index (κ2) is 7.61. The van der Waals surface area contributed by atoms with E-state index in [2.05, 4.69) is 10.6 Å². The highest BCUT2D eigenvalue weighted by Crippen LogP contribution is 2.19. The third-order valence-electron chi connectivity index (χ3n) is 3.75. The quantitative estimate of drug-likeness (QED) is 0.800. The number of amides is 2. The van der Waals surface area contributed by atoms with Gasteiger partial charge in [0.15, 0.2) is 0 Å². The van der Waals surface area contributed by atoms with Crippen molar-refractivity contribution < 1.29 is 14.3 Å². The van der Waals surface area contributed by atoms with Gasteiger partial charge >= 0.3 is 6.03 Å². The molecule has 0 aromatic heterocycles. The van der Waals surface area contributed by atoms with Crippen molar-refractivity contribution in [3.8, 4) is 0 Å². The van der Waals surface area contributed by atoms with E-state index in [1.807, 2.05) is 0 Å². The molecule has 1 aromatic rings. The normalized spacial score (nSPS) is 21.9. The van der Waals surface area contributed by atoms with Gasteiger partial charge in [-0.15, -0.1) is 0 Å². The van der Waals surface area contributed by atoms with Crippen molar-refractivity contribution in [3.05, 3.63) is 34.6 Å². The molecular weight excluding hydrogens is 295 g/mol. The molecule has 116 valence electrons. The summed E-state index contributed by atoms with van der Waals surface area (Å²) in [4.78, 5) is 11.7. The Labute approximate surface area is 128 Å². The lowest BCUT2D eigenvalue weighted by Gasteiger charge is -2.26. The summed E-state index contributed by atoms with van der Waals surface area (Å²) in [6.07, 6.45) is 3.12. The number of carbonyl (C=O) groups excluding carboxylic acids is 1. The molecule has 0 aliphatic heterocycles. The van der Waals surface area contributed by atoms with E-state index in [1.54, 1.807) is 12.1 Å². The van der Waals surface area contributed by atoms with Crippen LogP contribution < -0.4 is 10.6 Å². The van der Waals surface area contributed by atoms with Crippen LogP contribution in [0.3, 0.4) is 0 Å². The molecule has 1 fully saturated rings. The minimum absolute atomic E-state index is 0.102. The predicted octanol–water partition coefficient (Wildman–Crippen LogP) is 2.62. The second-order valence-corrected chi connectivity index (χ2v) is 5.76. The first-order valence-electron chi connectivity index (χ1n) is 7.21. The molecule has 1 aliphatic carbocycles. The zero-order valence-corrected chi connectivity index (χ0v) is 12.5. The Bertz CT molecular complexity index is 470. The van der Waals surface area contributed by atoms with Crippen LogP contribution in [0.15, 0.2) is 18.2 Å². The van der Waals surface area contributed by atoms with Gasteiger partial charge in [-0.3, -0.25) is 0 Å². The predicted molar refractivity (Wildman–Crippen MR) is 79.9 cm³/mol. The molecule has 21 heavy (non-hydrogen) atoms. The van der Waals surface area contributed by atoms with Crippen molar-refractivity contribution in [1.29, 1.82) is 0 Å². The Balaban J connectivity index is 1.72. The standard InChI is InChI=1S/C15H20ClFN2O2/c16-13-2-1-3-14(17)12(13)8-9-18-15(21)19-10-4-6-11(20)7-5-10/h1-3,10-11,20H,4-9H2,(H2,18,19,21). The Hall–Kier alpha value is -1.33. The van der Waals surface area contributed by atoms with Gasteiger partial charge in [0.1, 0.15) is 5.82 Å². The number of aliphatic hydroxyl groups excluding tert-OH is 1. The fourth-order valence-corrected chi connectivity index (χ4v) is 2.79. The monoisotopic (exact) mass is 314 g/mol. The lowest BCUT2D eigenvalue weighted by atomic mass is 9.93. The summed E-state index contributed by atoms with van der Waals surface area (Å²) >= 11 is 5.92. The van der Waals surface area contributed by atoms with Gasteiger partial charge in [0.25, 0.3) is 0 Å². The number of hydrogen-bond donors (Lipinski definition) is 3. The average molecular weight is 315 g/mol. The molecule has 0 spiro atoms. The summed E-state index contributed by atoms with van der Waals surface area (Å²) in [7, 11) is 0. The van der Waals surface area contributed by atoms with Gasteiger partial charge in [0, 0.05) is 23.2 Å². The van der Waals surface area contributed by atoms with Crippen LogP contribution in [0.1, 0.15) is 31.2 Å². The van der Waals surface area contributed by atoms with Crippen molar-refractivity contribution in [1.82, 2.24) is 10.6 Å². The van der Waals surface area contributed by atoms with E-state index in [9.17, 15) is 14.3 Å². The molecule has 2 rings (SSSR count). The Morgan fingerprint density at radius 3 is 2.71 bits per heavy atom. The summed E-state index contributed by atoms with van der Waals surface area (Å²) in [6.45, 7) is 0.321. The van der Waals surface area contributed by atoms with Gasteiger partial charge in [-0.25, -0.2) is 9.18 Å². The third kappa shape index (κ3) is 4.86. The highest BCUT2D eigenvalue weighted by atomic mass is 35.5. The minimum Gasteiger partial charge on any atom is -0.393 e. The maximum Gasteiger partial charge on any atom is 0.315 e. The van der Waals surface area contributed by atoms with Gasteiger partial charge in [-0.1, -0.05) is 17.7 Å². The molecule has 0 bridgehead atoms. The van der Waals surface area contributed by atoms with Crippen molar-refractivity contribution in [3.63, 3.8) is 0 Å². The number of aliphatic hydroxyl groups is 1. The number of urea groups is 1. The first-order chi connectivity index (χ1) is 10.1. The van der Waals surface area contributed by atoms with Crippen molar-refractivity contribution in [2.75, 3.05) is 6.54 Å². The Kier molecular flexibility index (Phi) is 5.82. The van der Waals surface area contributed by atoms with E-state index in [0.717, 1.165) is 25.7 Å². The molecule has 2 amide bonds. The van der Waals surface area contributed by atoms with Crippen LogP contribution in [0, 0.1) is 5.82 Å². The van der Waals surface area contributed by atoms with E-state index >= 15 is 0 Å². The van der Waals surface area contributed by atoms with Crippen LogP contribution in [0.2, 0.25) is 5.02 Å². The molecule has 0 saturated heterocycles. The van der Waals surface area contributed by atoms with Crippen LogP contribution in [0.5, 0.6) is 0 Å². The first kappa shape index (κ1) is 16.0. The van der Waals surface area contributed by atoms with Crippen LogP contribution in [0.4, 0.5) is 9.18 Å². The summed E-state index contributed by atoms with van der Waals surface area (Å²) in [5, 5.41) is 15.4. The lowest BCUT2D eigenvalue weighted by molar-refractivity contribution is 0.117. The molecule has 0 atom stereocenters. The van der Waals surface area contributed by atoms with E-state index in [1.165, 1.54) is 6.07 Å². The summed E-state index contributed by atoms with van der Waals surface area (Å²) < 4.78 is 13.5. The Morgan fingerprint density at radius 1 is 1.33 bits per heavy atom. The molecule has 3 N–H and O–H groups in total. The fourth-order valence-electron chi connectivity index (χ4n) is 2.53. The van der Waals surface area contributed by atoms with E-state index < -0.39 is 0 Å². The molecule has 0 unspecified atom stereocenters. The number of benzene rings is 1. The Morgan fingerprint density at radius 2 is 2.05 bits per heavy atom. The van der Waals surface area contributed by atoms with Crippen molar-refractivity contribution in [2.24, 2.45) is 0 Å². The van der Waals surface area contributed by atoms with Gasteiger partial charge < -0.3 is 15.7 Å². The zero-order valence-electron chi connectivity index (χ0n) is 11.7. The second-order valence-electron chi connectivity index (χ2n) is 5.36. The molecule has 1 aliphatic rings.